The molecule has 3 heterocycles. The standard InChI is InChI=1S/C43H28N4/c1-2-12-30(13-3-1)43-46-37-16-6-7-19-40(37)47(43)32-23-20-29(21-24-32)31-22-25-35-36(28-31)42(39-18-9-11-27-45-39)34-15-5-4-14-33(34)41(35)38-17-8-10-26-44-38/h1-28H. The summed E-state index contributed by atoms with van der Waals surface area (Å²) in [4.78, 5) is 14.6. The second-order valence-electron chi connectivity index (χ2n) is 11.7. The average molecular weight is 601 g/mol. The summed E-state index contributed by atoms with van der Waals surface area (Å²) < 4.78 is 2.25. The molecule has 0 aliphatic carbocycles. The van der Waals surface area contributed by atoms with E-state index in [1.165, 1.54) is 5.39 Å². The second kappa shape index (κ2) is 11.2. The van der Waals surface area contributed by atoms with Crippen molar-refractivity contribution in [2.24, 2.45) is 0 Å². The first kappa shape index (κ1) is 27.0. The van der Waals surface area contributed by atoms with Crippen LogP contribution in [0, 0.1) is 0 Å². The highest BCUT2D eigenvalue weighted by atomic mass is 15.1. The summed E-state index contributed by atoms with van der Waals surface area (Å²) >= 11 is 0. The van der Waals surface area contributed by atoms with E-state index in [1.807, 2.05) is 36.7 Å². The van der Waals surface area contributed by atoms with Gasteiger partial charge in [-0.2, -0.15) is 0 Å². The molecule has 9 aromatic rings. The van der Waals surface area contributed by atoms with Gasteiger partial charge in [0.2, 0.25) is 0 Å². The van der Waals surface area contributed by atoms with Gasteiger partial charge >= 0.3 is 0 Å². The lowest BCUT2D eigenvalue weighted by Crippen LogP contribution is -1.97. The predicted molar refractivity (Wildman–Crippen MR) is 193 cm³/mol. The molecule has 0 unspecified atom stereocenters. The van der Waals surface area contributed by atoms with Gasteiger partial charge < -0.3 is 0 Å². The highest BCUT2D eigenvalue weighted by Crippen LogP contribution is 2.44. The molecular formula is C43H28N4. The Morgan fingerprint density at radius 2 is 0.979 bits per heavy atom. The Balaban J connectivity index is 1.24. The first-order valence-corrected chi connectivity index (χ1v) is 15.8. The maximum absolute atomic E-state index is 5.02. The van der Waals surface area contributed by atoms with Crippen molar-refractivity contribution < 1.29 is 0 Å². The van der Waals surface area contributed by atoms with Crippen molar-refractivity contribution in [3.8, 4) is 50.7 Å². The summed E-state index contributed by atoms with van der Waals surface area (Å²) in [6.07, 6.45) is 3.74. The summed E-state index contributed by atoms with van der Waals surface area (Å²) in [5, 5.41) is 4.63. The third kappa shape index (κ3) is 4.58. The molecule has 0 saturated heterocycles. The van der Waals surface area contributed by atoms with E-state index < -0.39 is 0 Å². The summed E-state index contributed by atoms with van der Waals surface area (Å²) in [7, 11) is 0. The fourth-order valence-electron chi connectivity index (χ4n) is 6.80. The number of hydrogen-bond acceptors (Lipinski definition) is 3. The van der Waals surface area contributed by atoms with E-state index in [1.54, 1.807) is 0 Å². The van der Waals surface area contributed by atoms with Crippen molar-refractivity contribution in [2.45, 2.75) is 0 Å². The van der Waals surface area contributed by atoms with Crippen molar-refractivity contribution in [2.75, 3.05) is 0 Å². The molecule has 0 saturated carbocycles. The number of benzene rings is 6. The number of rotatable bonds is 5. The summed E-state index contributed by atoms with van der Waals surface area (Å²) in [5.41, 5.74) is 10.7. The minimum atomic E-state index is 0.930. The molecule has 0 atom stereocenters. The molecule has 6 aromatic carbocycles. The van der Waals surface area contributed by atoms with Crippen LogP contribution < -0.4 is 0 Å². The second-order valence-corrected chi connectivity index (χ2v) is 11.7. The van der Waals surface area contributed by atoms with E-state index in [9.17, 15) is 0 Å². The third-order valence-corrected chi connectivity index (χ3v) is 8.92. The van der Waals surface area contributed by atoms with Crippen LogP contribution in [0.25, 0.3) is 83.3 Å². The van der Waals surface area contributed by atoms with E-state index in [0.717, 1.165) is 77.9 Å². The molecule has 47 heavy (non-hydrogen) atoms. The number of nitrogens with zero attached hydrogens (tertiary/aromatic N) is 4. The molecule has 4 nitrogen and oxygen atoms in total. The molecule has 0 radical (unpaired) electrons. The van der Waals surface area contributed by atoms with Crippen LogP contribution in [0.1, 0.15) is 0 Å². The van der Waals surface area contributed by atoms with Crippen molar-refractivity contribution in [1.82, 2.24) is 19.5 Å². The van der Waals surface area contributed by atoms with E-state index in [4.69, 9.17) is 15.0 Å². The smallest absolute Gasteiger partial charge is 0.145 e. The minimum absolute atomic E-state index is 0.930. The topological polar surface area (TPSA) is 43.6 Å². The molecule has 3 aromatic heterocycles. The van der Waals surface area contributed by atoms with Crippen LogP contribution >= 0.6 is 0 Å². The largest absolute Gasteiger partial charge is 0.292 e. The Morgan fingerprint density at radius 3 is 1.66 bits per heavy atom. The van der Waals surface area contributed by atoms with Gasteiger partial charge in [-0.05, 0) is 87.3 Å². The van der Waals surface area contributed by atoms with Crippen LogP contribution in [0.4, 0.5) is 0 Å². The SMILES string of the molecule is c1ccc(-c2nc3ccccc3n2-c2ccc(-c3ccc4c(-c5ccccn5)c5ccccc5c(-c5ccccn5)c4c3)cc2)cc1. The highest BCUT2D eigenvalue weighted by Gasteiger charge is 2.19. The fourth-order valence-corrected chi connectivity index (χ4v) is 6.80. The molecule has 0 aliphatic rings. The number of fused-ring (bicyclic) bond motifs is 3. The molecular weight excluding hydrogens is 573 g/mol. The van der Waals surface area contributed by atoms with Gasteiger partial charge in [0, 0.05) is 34.8 Å². The van der Waals surface area contributed by atoms with Gasteiger partial charge in [-0.1, -0.05) is 103 Å². The number of para-hydroxylation sites is 2. The highest BCUT2D eigenvalue weighted by molar-refractivity contribution is 6.21. The van der Waals surface area contributed by atoms with Gasteiger partial charge in [0.05, 0.1) is 22.4 Å². The predicted octanol–water partition coefficient (Wildman–Crippen LogP) is 10.8. The van der Waals surface area contributed by atoms with E-state index in [2.05, 4.69) is 138 Å². The monoisotopic (exact) mass is 600 g/mol. The van der Waals surface area contributed by atoms with Crippen molar-refractivity contribution in [3.63, 3.8) is 0 Å². The molecule has 0 fully saturated rings. The number of aromatic nitrogens is 4. The van der Waals surface area contributed by atoms with Gasteiger partial charge in [0.25, 0.3) is 0 Å². The molecule has 9 rings (SSSR count). The fraction of sp³-hybridized carbons (Fsp3) is 0. The van der Waals surface area contributed by atoms with Crippen molar-refractivity contribution >= 4 is 32.6 Å². The maximum Gasteiger partial charge on any atom is 0.145 e. The number of hydrogen-bond donors (Lipinski definition) is 0. The van der Waals surface area contributed by atoms with Gasteiger partial charge in [-0.25, -0.2) is 4.98 Å². The molecule has 0 aliphatic heterocycles. The van der Waals surface area contributed by atoms with Crippen LogP contribution in [0.15, 0.2) is 170 Å². The van der Waals surface area contributed by atoms with Gasteiger partial charge in [0.1, 0.15) is 5.82 Å². The van der Waals surface area contributed by atoms with Crippen molar-refractivity contribution in [1.29, 1.82) is 0 Å². The van der Waals surface area contributed by atoms with Crippen LogP contribution in [-0.2, 0) is 0 Å². The molecule has 0 spiro atoms. The van der Waals surface area contributed by atoms with Gasteiger partial charge in [0.15, 0.2) is 0 Å². The lowest BCUT2D eigenvalue weighted by molar-refractivity contribution is 1.10. The normalized spacial score (nSPS) is 11.4. The lowest BCUT2D eigenvalue weighted by atomic mass is 9.87. The quantitative estimate of drug-likeness (QED) is 0.185. The Labute approximate surface area is 272 Å². The van der Waals surface area contributed by atoms with Gasteiger partial charge in [-0.15, -0.1) is 0 Å². The van der Waals surface area contributed by atoms with Crippen LogP contribution in [0.3, 0.4) is 0 Å². The zero-order valence-corrected chi connectivity index (χ0v) is 25.5. The molecule has 4 heteroatoms. The molecule has 0 N–H and O–H groups in total. The summed E-state index contributed by atoms with van der Waals surface area (Å²) in [5.74, 6) is 0.930. The Kier molecular flexibility index (Phi) is 6.43. The Morgan fingerprint density at radius 1 is 0.404 bits per heavy atom. The summed E-state index contributed by atoms with van der Waals surface area (Å²) in [6.45, 7) is 0. The van der Waals surface area contributed by atoms with Gasteiger partial charge in [-0.3, -0.25) is 14.5 Å². The first-order valence-electron chi connectivity index (χ1n) is 15.8. The molecule has 220 valence electrons. The van der Waals surface area contributed by atoms with Crippen molar-refractivity contribution in [3.05, 3.63) is 170 Å². The minimum Gasteiger partial charge on any atom is -0.292 e. The van der Waals surface area contributed by atoms with E-state index >= 15 is 0 Å². The maximum atomic E-state index is 5.02. The summed E-state index contributed by atoms with van der Waals surface area (Å²) in [6, 6.07) is 55.1. The Hall–Kier alpha value is -6.39. The van der Waals surface area contributed by atoms with E-state index in [-0.39, 0.29) is 0 Å². The molecule has 0 bridgehead atoms. The van der Waals surface area contributed by atoms with E-state index in [0.29, 0.717) is 0 Å². The number of imidazole rings is 1. The molecule has 0 amide bonds. The Bertz CT molecular complexity index is 2540. The van der Waals surface area contributed by atoms with Crippen LogP contribution in [0.5, 0.6) is 0 Å². The number of pyridine rings is 2. The first-order chi connectivity index (χ1) is 23.3. The third-order valence-electron chi connectivity index (χ3n) is 8.92. The average Bonchev–Trinajstić information content (AvgIpc) is 3.54. The zero-order valence-electron chi connectivity index (χ0n) is 25.5. The van der Waals surface area contributed by atoms with Crippen LogP contribution in [-0.4, -0.2) is 19.5 Å². The lowest BCUT2D eigenvalue weighted by Gasteiger charge is -2.18. The van der Waals surface area contributed by atoms with Crippen LogP contribution in [0.2, 0.25) is 0 Å². The zero-order chi connectivity index (χ0) is 31.2.